The summed E-state index contributed by atoms with van der Waals surface area (Å²) < 4.78 is 5.70. The molecule has 2 heterocycles. The summed E-state index contributed by atoms with van der Waals surface area (Å²) in [5.41, 5.74) is 10.1. The minimum atomic E-state index is -0.0835. The van der Waals surface area contributed by atoms with Crippen LogP contribution in [0.4, 0.5) is 5.13 Å². The van der Waals surface area contributed by atoms with Gasteiger partial charge in [0.1, 0.15) is 5.58 Å². The van der Waals surface area contributed by atoms with Crippen molar-refractivity contribution in [2.75, 3.05) is 18.0 Å². The minimum Gasteiger partial charge on any atom is -0.464 e. The molecule has 2 aromatic heterocycles. The number of furan rings is 1. The number of hydrogen-bond acceptors (Lipinski definition) is 6. The number of thiazole rings is 1. The van der Waals surface area contributed by atoms with E-state index in [0.29, 0.717) is 18.2 Å². The monoisotopic (exact) mass is 431 g/mol. The molecule has 0 aliphatic heterocycles. The Labute approximate surface area is 182 Å². The zero-order valence-electron chi connectivity index (χ0n) is 18.4. The summed E-state index contributed by atoms with van der Waals surface area (Å²) in [6.07, 6.45) is 6.87. The van der Waals surface area contributed by atoms with Gasteiger partial charge in [0.05, 0.1) is 24.2 Å². The maximum atomic E-state index is 12.9. The van der Waals surface area contributed by atoms with Crippen LogP contribution in [0.25, 0.3) is 11.0 Å². The first-order chi connectivity index (χ1) is 14.7. The molecule has 0 radical (unpaired) electrons. The van der Waals surface area contributed by atoms with Crippen molar-refractivity contribution in [3.05, 3.63) is 46.2 Å². The lowest BCUT2D eigenvalue weighted by Gasteiger charge is -2.18. The molecule has 0 spiro atoms. The quantitative estimate of drug-likeness (QED) is 0.601. The van der Waals surface area contributed by atoms with Gasteiger partial charge in [-0.05, 0) is 42.5 Å². The van der Waals surface area contributed by atoms with Crippen LogP contribution in [0.15, 0.2) is 29.0 Å². The highest BCUT2D eigenvalue weighted by Crippen LogP contribution is 2.31. The Balaban J connectivity index is 0.000000757. The molecule has 30 heavy (non-hydrogen) atoms. The van der Waals surface area contributed by atoms with Crippen LogP contribution in [0.3, 0.4) is 0 Å². The Morgan fingerprint density at radius 3 is 2.57 bits per heavy atom. The fourth-order valence-electron chi connectivity index (χ4n) is 3.49. The predicted molar refractivity (Wildman–Crippen MR) is 124 cm³/mol. The summed E-state index contributed by atoms with van der Waals surface area (Å²) in [5.74, 6) is -0.0718. The van der Waals surface area contributed by atoms with Gasteiger partial charge in [-0.2, -0.15) is 0 Å². The number of nitrogens with zero attached hydrogens (tertiary/aromatic N) is 2. The van der Waals surface area contributed by atoms with Crippen LogP contribution in [-0.2, 0) is 30.7 Å². The highest BCUT2D eigenvalue weighted by atomic mass is 32.1. The number of nitrogens with two attached hydrogens (primary N) is 1. The number of anilines is 1. The second-order valence-electron chi connectivity index (χ2n) is 6.51. The fraction of sp³-hybridized carbons (Fsp3) is 0.478. The van der Waals surface area contributed by atoms with E-state index in [9.17, 15) is 9.90 Å². The Bertz CT molecular complexity index is 948. The molecule has 0 unspecified atom stereocenters. The third-order valence-corrected chi connectivity index (χ3v) is 5.80. The summed E-state index contributed by atoms with van der Waals surface area (Å²) in [7, 11) is 0. The van der Waals surface area contributed by atoms with Crippen molar-refractivity contribution in [1.29, 1.82) is 0 Å². The lowest BCUT2D eigenvalue weighted by atomic mass is 10.0. The number of carbonyl (C=O) groups is 1. The molecule has 3 aromatic rings. The number of aryl methyl sites for hydroxylation is 2. The summed E-state index contributed by atoms with van der Waals surface area (Å²) in [6.45, 7) is 8.65. The number of carbonyl (C=O) groups excluding carboxylic acids is 1. The molecule has 0 atom stereocenters. The summed E-state index contributed by atoms with van der Waals surface area (Å²) in [6, 6.07) is 4.28. The molecule has 164 valence electrons. The maximum absolute atomic E-state index is 12.9. The Morgan fingerprint density at radius 1 is 1.23 bits per heavy atom. The zero-order chi connectivity index (χ0) is 22.1. The molecule has 0 saturated carbocycles. The molecular formula is C23H33N3O3S. The van der Waals surface area contributed by atoms with Crippen LogP contribution in [-0.4, -0.2) is 29.1 Å². The van der Waals surface area contributed by atoms with Crippen molar-refractivity contribution in [3.8, 4) is 0 Å². The fourth-order valence-corrected chi connectivity index (χ4v) is 4.31. The molecule has 1 amide bonds. The third kappa shape index (κ3) is 5.28. The topological polar surface area (TPSA) is 92.6 Å². The first-order valence-electron chi connectivity index (χ1n) is 10.8. The van der Waals surface area contributed by atoms with Crippen molar-refractivity contribution >= 4 is 33.3 Å². The van der Waals surface area contributed by atoms with Crippen LogP contribution < -0.4 is 10.6 Å². The SMILES string of the molecule is CC.CC.NCCN(C(=O)Cc1coc2cc3c(cc12)CCC3)c1ncc(CO)s1. The second-order valence-corrected chi connectivity index (χ2v) is 7.60. The molecule has 3 N–H and O–H groups in total. The summed E-state index contributed by atoms with van der Waals surface area (Å²) >= 11 is 1.31. The van der Waals surface area contributed by atoms with Gasteiger partial charge < -0.3 is 15.3 Å². The largest absolute Gasteiger partial charge is 0.464 e. The van der Waals surface area contributed by atoms with Gasteiger partial charge in [0.15, 0.2) is 5.13 Å². The standard InChI is InChI=1S/C19H21N3O3S.2C2H6/c20-4-5-22(19-21-9-15(10-23)26-19)18(24)8-14-11-25-17-7-13-3-1-2-12(13)6-16(14)17;2*1-2/h6-7,9,11,23H,1-5,8,10,20H2;2*1-2H3. The van der Waals surface area contributed by atoms with E-state index >= 15 is 0 Å². The van der Waals surface area contributed by atoms with Crippen molar-refractivity contribution < 1.29 is 14.3 Å². The lowest BCUT2D eigenvalue weighted by molar-refractivity contribution is -0.118. The number of amides is 1. The van der Waals surface area contributed by atoms with E-state index in [0.717, 1.165) is 34.3 Å². The van der Waals surface area contributed by atoms with E-state index in [1.54, 1.807) is 17.4 Å². The molecule has 0 bridgehead atoms. The van der Waals surface area contributed by atoms with E-state index in [1.165, 1.54) is 28.9 Å². The number of fused-ring (bicyclic) bond motifs is 2. The molecule has 1 aliphatic rings. The predicted octanol–water partition coefficient (Wildman–Crippen LogP) is 4.46. The Morgan fingerprint density at radius 2 is 1.93 bits per heavy atom. The van der Waals surface area contributed by atoms with E-state index < -0.39 is 0 Å². The van der Waals surface area contributed by atoms with Gasteiger partial charge in [0.2, 0.25) is 5.91 Å². The van der Waals surface area contributed by atoms with Crippen molar-refractivity contribution in [2.24, 2.45) is 5.73 Å². The Hall–Kier alpha value is -2.22. The molecule has 0 fully saturated rings. The highest BCUT2D eigenvalue weighted by molar-refractivity contribution is 7.15. The van der Waals surface area contributed by atoms with E-state index in [4.69, 9.17) is 10.2 Å². The number of aromatic nitrogens is 1. The lowest BCUT2D eigenvalue weighted by Crippen LogP contribution is -2.36. The smallest absolute Gasteiger partial charge is 0.233 e. The molecule has 0 saturated heterocycles. The van der Waals surface area contributed by atoms with Crippen LogP contribution in [0.5, 0.6) is 0 Å². The van der Waals surface area contributed by atoms with Crippen LogP contribution >= 0.6 is 11.3 Å². The van der Waals surface area contributed by atoms with Crippen molar-refractivity contribution in [2.45, 2.75) is 60.0 Å². The molecule has 4 rings (SSSR count). The first-order valence-corrected chi connectivity index (χ1v) is 11.6. The normalized spacial score (nSPS) is 11.9. The van der Waals surface area contributed by atoms with E-state index in [1.807, 2.05) is 27.7 Å². The van der Waals surface area contributed by atoms with Gasteiger partial charge in [-0.25, -0.2) is 4.98 Å². The minimum absolute atomic E-state index is 0.0718. The summed E-state index contributed by atoms with van der Waals surface area (Å²) in [4.78, 5) is 19.5. The number of hydrogen-bond donors (Lipinski definition) is 2. The summed E-state index contributed by atoms with van der Waals surface area (Å²) in [5, 5.41) is 10.8. The number of rotatable bonds is 6. The number of benzene rings is 1. The first kappa shape index (κ1) is 24.1. The van der Waals surface area contributed by atoms with Crippen molar-refractivity contribution in [1.82, 2.24) is 4.98 Å². The van der Waals surface area contributed by atoms with Gasteiger partial charge >= 0.3 is 0 Å². The van der Waals surface area contributed by atoms with Gasteiger partial charge in [-0.1, -0.05) is 39.0 Å². The third-order valence-electron chi connectivity index (χ3n) is 4.79. The van der Waals surface area contributed by atoms with Crippen LogP contribution in [0.1, 0.15) is 55.7 Å². The van der Waals surface area contributed by atoms with E-state index in [-0.39, 0.29) is 18.9 Å². The highest BCUT2D eigenvalue weighted by Gasteiger charge is 2.22. The van der Waals surface area contributed by atoms with Crippen LogP contribution in [0.2, 0.25) is 0 Å². The molecule has 7 heteroatoms. The second kappa shape index (κ2) is 11.8. The molecule has 6 nitrogen and oxygen atoms in total. The van der Waals surface area contributed by atoms with Crippen molar-refractivity contribution in [3.63, 3.8) is 0 Å². The number of aliphatic hydroxyl groups is 1. The van der Waals surface area contributed by atoms with Gasteiger partial charge in [-0.15, -0.1) is 0 Å². The zero-order valence-corrected chi connectivity index (χ0v) is 19.2. The van der Waals surface area contributed by atoms with Crippen LogP contribution in [0, 0.1) is 0 Å². The van der Waals surface area contributed by atoms with Gasteiger partial charge in [-0.3, -0.25) is 9.69 Å². The van der Waals surface area contributed by atoms with E-state index in [2.05, 4.69) is 17.1 Å². The number of aliphatic hydroxyl groups excluding tert-OH is 1. The van der Waals surface area contributed by atoms with Gasteiger partial charge in [0, 0.05) is 30.2 Å². The Kier molecular flexibility index (Phi) is 9.49. The average Bonchev–Trinajstić information content (AvgIpc) is 3.53. The molecule has 1 aliphatic carbocycles. The average molecular weight is 432 g/mol. The molecular weight excluding hydrogens is 398 g/mol. The van der Waals surface area contributed by atoms with Gasteiger partial charge in [0.25, 0.3) is 0 Å². The maximum Gasteiger partial charge on any atom is 0.233 e. The molecule has 1 aromatic carbocycles.